The lowest BCUT2D eigenvalue weighted by Crippen LogP contribution is -2.21. The summed E-state index contributed by atoms with van der Waals surface area (Å²) < 4.78 is 0. The highest BCUT2D eigenvalue weighted by molar-refractivity contribution is 5.92. The van der Waals surface area contributed by atoms with Crippen molar-refractivity contribution in [1.82, 2.24) is 4.98 Å². The van der Waals surface area contributed by atoms with Crippen molar-refractivity contribution in [3.8, 4) is 0 Å². The molecule has 0 radical (unpaired) electrons. The Morgan fingerprint density at radius 3 is 2.94 bits per heavy atom. The molecule has 1 heterocycles. The lowest BCUT2D eigenvalue weighted by atomic mass is 10.1. The molecular formula is C12H13N3O. The van der Waals surface area contributed by atoms with Crippen LogP contribution in [-0.2, 0) is 4.79 Å². The molecule has 0 bridgehead atoms. The van der Waals surface area contributed by atoms with Gasteiger partial charge in [0.2, 0.25) is 5.91 Å². The molecule has 16 heavy (non-hydrogen) atoms. The van der Waals surface area contributed by atoms with Gasteiger partial charge in [0.25, 0.3) is 0 Å². The highest BCUT2D eigenvalue weighted by Crippen LogP contribution is 2.22. The van der Waals surface area contributed by atoms with Gasteiger partial charge < -0.3 is 11.1 Å². The van der Waals surface area contributed by atoms with Crippen LogP contribution in [0.5, 0.6) is 0 Å². The second-order valence-corrected chi connectivity index (χ2v) is 3.65. The quantitative estimate of drug-likeness (QED) is 0.814. The van der Waals surface area contributed by atoms with E-state index in [1.807, 2.05) is 37.3 Å². The summed E-state index contributed by atoms with van der Waals surface area (Å²) >= 11 is 0. The number of amides is 1. The zero-order valence-corrected chi connectivity index (χ0v) is 9.03. The highest BCUT2D eigenvalue weighted by atomic mass is 16.1. The first kappa shape index (κ1) is 10.4. The first-order valence-corrected chi connectivity index (χ1v) is 5.05. The molecule has 0 saturated heterocycles. The number of aryl methyl sites for hydroxylation is 1. The number of hydrogen-bond acceptors (Lipinski definition) is 3. The Hall–Kier alpha value is -2.10. The van der Waals surface area contributed by atoms with E-state index in [-0.39, 0.29) is 12.5 Å². The molecule has 1 aromatic heterocycles. The minimum absolute atomic E-state index is 0.132. The first-order valence-electron chi connectivity index (χ1n) is 5.05. The molecule has 4 heteroatoms. The molecule has 0 saturated carbocycles. The van der Waals surface area contributed by atoms with Crippen LogP contribution in [0.2, 0.25) is 0 Å². The van der Waals surface area contributed by atoms with Gasteiger partial charge in [-0.2, -0.15) is 0 Å². The van der Waals surface area contributed by atoms with E-state index in [0.717, 1.165) is 22.3 Å². The fourth-order valence-corrected chi connectivity index (χ4v) is 1.64. The van der Waals surface area contributed by atoms with Crippen LogP contribution in [-0.4, -0.2) is 17.4 Å². The van der Waals surface area contributed by atoms with E-state index in [9.17, 15) is 4.79 Å². The summed E-state index contributed by atoms with van der Waals surface area (Å²) in [5.74, 6) is -0.376. The van der Waals surface area contributed by atoms with Crippen molar-refractivity contribution in [2.24, 2.45) is 5.73 Å². The van der Waals surface area contributed by atoms with Crippen LogP contribution >= 0.6 is 0 Å². The second-order valence-electron chi connectivity index (χ2n) is 3.65. The van der Waals surface area contributed by atoms with E-state index >= 15 is 0 Å². The van der Waals surface area contributed by atoms with Crippen LogP contribution in [0.25, 0.3) is 10.9 Å². The number of fused-ring (bicyclic) bond motifs is 1. The summed E-state index contributed by atoms with van der Waals surface area (Å²) in [4.78, 5) is 15.1. The molecule has 0 atom stereocenters. The summed E-state index contributed by atoms with van der Waals surface area (Å²) in [5, 5.41) is 4.01. The minimum Gasteiger partial charge on any atom is -0.376 e. The number of pyridine rings is 1. The van der Waals surface area contributed by atoms with Gasteiger partial charge in [0.1, 0.15) is 0 Å². The number of nitrogens with two attached hydrogens (primary N) is 1. The third kappa shape index (κ3) is 2.11. The van der Waals surface area contributed by atoms with Crippen molar-refractivity contribution < 1.29 is 4.79 Å². The Morgan fingerprint density at radius 1 is 1.44 bits per heavy atom. The molecule has 0 aliphatic heterocycles. The maximum atomic E-state index is 10.7. The van der Waals surface area contributed by atoms with E-state index in [4.69, 9.17) is 5.73 Å². The standard InChI is InChI=1S/C12H13N3O/c1-8-6-11(14-7-12(13)16)9-4-2-3-5-10(9)15-8/h2-6H,7H2,1H3,(H2,13,16)(H,14,15). The molecule has 0 aliphatic rings. The minimum atomic E-state index is -0.376. The van der Waals surface area contributed by atoms with Gasteiger partial charge in [-0.15, -0.1) is 0 Å². The maximum absolute atomic E-state index is 10.7. The molecule has 0 unspecified atom stereocenters. The third-order valence-electron chi connectivity index (χ3n) is 2.30. The molecule has 0 spiro atoms. The molecule has 2 aromatic rings. The summed E-state index contributed by atoms with van der Waals surface area (Å²) in [6, 6.07) is 9.69. The summed E-state index contributed by atoms with van der Waals surface area (Å²) in [7, 11) is 0. The predicted octanol–water partition coefficient (Wildman–Crippen LogP) is 1.44. The Balaban J connectivity index is 2.46. The van der Waals surface area contributed by atoms with Crippen molar-refractivity contribution in [1.29, 1.82) is 0 Å². The first-order chi connectivity index (χ1) is 7.66. The van der Waals surface area contributed by atoms with Crippen LogP contribution in [0.1, 0.15) is 5.69 Å². The number of benzene rings is 1. The molecule has 82 valence electrons. The molecule has 4 nitrogen and oxygen atoms in total. The summed E-state index contributed by atoms with van der Waals surface area (Å²) in [6.45, 7) is 2.05. The zero-order valence-electron chi connectivity index (χ0n) is 9.03. The van der Waals surface area contributed by atoms with Gasteiger partial charge in [-0.3, -0.25) is 9.78 Å². The van der Waals surface area contributed by atoms with Gasteiger partial charge in [0, 0.05) is 16.8 Å². The second kappa shape index (κ2) is 4.18. The zero-order chi connectivity index (χ0) is 11.5. The van der Waals surface area contributed by atoms with Gasteiger partial charge in [0.15, 0.2) is 0 Å². The number of anilines is 1. The average molecular weight is 215 g/mol. The number of rotatable bonds is 3. The predicted molar refractivity (Wildman–Crippen MR) is 64.2 cm³/mol. The van der Waals surface area contributed by atoms with Crippen molar-refractivity contribution in [2.45, 2.75) is 6.92 Å². The third-order valence-corrected chi connectivity index (χ3v) is 2.30. The largest absolute Gasteiger partial charge is 0.376 e. The average Bonchev–Trinajstić information content (AvgIpc) is 2.25. The summed E-state index contributed by atoms with van der Waals surface area (Å²) in [6.07, 6.45) is 0. The molecule has 1 amide bonds. The van der Waals surface area contributed by atoms with Gasteiger partial charge in [-0.25, -0.2) is 0 Å². The Bertz CT molecular complexity index is 537. The van der Waals surface area contributed by atoms with Crippen molar-refractivity contribution >= 4 is 22.5 Å². The lowest BCUT2D eigenvalue weighted by Gasteiger charge is -2.08. The topological polar surface area (TPSA) is 68.0 Å². The van der Waals surface area contributed by atoms with E-state index < -0.39 is 0 Å². The number of aromatic nitrogens is 1. The van der Waals surface area contributed by atoms with Gasteiger partial charge in [-0.05, 0) is 19.1 Å². The molecular weight excluding hydrogens is 202 g/mol. The fourth-order valence-electron chi connectivity index (χ4n) is 1.64. The summed E-state index contributed by atoms with van der Waals surface area (Å²) in [5.41, 5.74) is 7.82. The van der Waals surface area contributed by atoms with Crippen LogP contribution < -0.4 is 11.1 Å². The van der Waals surface area contributed by atoms with Crippen molar-refractivity contribution in [3.63, 3.8) is 0 Å². The number of para-hydroxylation sites is 1. The normalized spacial score (nSPS) is 10.3. The van der Waals surface area contributed by atoms with Crippen LogP contribution in [0.3, 0.4) is 0 Å². The maximum Gasteiger partial charge on any atom is 0.236 e. The number of carbonyl (C=O) groups is 1. The number of carbonyl (C=O) groups excluding carboxylic acids is 1. The molecule has 2 rings (SSSR count). The lowest BCUT2D eigenvalue weighted by molar-refractivity contribution is -0.116. The van der Waals surface area contributed by atoms with Crippen molar-refractivity contribution in [3.05, 3.63) is 36.0 Å². The number of hydrogen-bond donors (Lipinski definition) is 2. The van der Waals surface area contributed by atoms with Gasteiger partial charge in [-0.1, -0.05) is 18.2 Å². The number of nitrogens with one attached hydrogen (secondary N) is 1. The molecule has 1 aromatic carbocycles. The fraction of sp³-hybridized carbons (Fsp3) is 0.167. The Labute approximate surface area is 93.5 Å². The van der Waals surface area contributed by atoms with Gasteiger partial charge in [0.05, 0.1) is 12.1 Å². The number of nitrogens with zero attached hydrogens (tertiary/aromatic N) is 1. The van der Waals surface area contributed by atoms with E-state index in [1.54, 1.807) is 0 Å². The van der Waals surface area contributed by atoms with Crippen molar-refractivity contribution in [2.75, 3.05) is 11.9 Å². The van der Waals surface area contributed by atoms with Crippen LogP contribution in [0.4, 0.5) is 5.69 Å². The highest BCUT2D eigenvalue weighted by Gasteiger charge is 2.03. The Kier molecular flexibility index (Phi) is 2.72. The monoisotopic (exact) mass is 215 g/mol. The molecule has 0 fully saturated rings. The molecule has 0 aliphatic carbocycles. The van der Waals surface area contributed by atoms with E-state index in [0.29, 0.717) is 0 Å². The SMILES string of the molecule is Cc1cc(NCC(N)=O)c2ccccc2n1. The van der Waals surface area contributed by atoms with Gasteiger partial charge >= 0.3 is 0 Å². The van der Waals surface area contributed by atoms with E-state index in [1.165, 1.54) is 0 Å². The number of primary amides is 1. The molecule has 3 N–H and O–H groups in total. The van der Waals surface area contributed by atoms with Crippen LogP contribution in [0, 0.1) is 6.92 Å². The Morgan fingerprint density at radius 2 is 2.19 bits per heavy atom. The smallest absolute Gasteiger partial charge is 0.236 e. The van der Waals surface area contributed by atoms with E-state index in [2.05, 4.69) is 10.3 Å². The van der Waals surface area contributed by atoms with Crippen LogP contribution in [0.15, 0.2) is 30.3 Å².